The van der Waals surface area contributed by atoms with Crippen LogP contribution >= 0.6 is 23.1 Å². The molecule has 0 saturated carbocycles. The van der Waals surface area contributed by atoms with Crippen LogP contribution in [0.5, 0.6) is 0 Å². The first kappa shape index (κ1) is 17.7. The van der Waals surface area contributed by atoms with Gasteiger partial charge in [-0.05, 0) is 23.6 Å². The van der Waals surface area contributed by atoms with Gasteiger partial charge in [-0.2, -0.15) is 0 Å². The van der Waals surface area contributed by atoms with Crippen molar-refractivity contribution in [2.45, 2.75) is 11.7 Å². The minimum absolute atomic E-state index is 0.107. The van der Waals surface area contributed by atoms with Crippen molar-refractivity contribution in [2.75, 3.05) is 12.3 Å². The van der Waals surface area contributed by atoms with Gasteiger partial charge in [-0.1, -0.05) is 30.0 Å². The van der Waals surface area contributed by atoms with E-state index >= 15 is 0 Å². The van der Waals surface area contributed by atoms with Crippen LogP contribution in [0, 0.1) is 0 Å². The maximum Gasteiger partial charge on any atom is 0.263 e. The Morgan fingerprint density at radius 1 is 1.11 bits per heavy atom. The van der Waals surface area contributed by atoms with Crippen molar-refractivity contribution in [3.05, 3.63) is 69.8 Å². The maximum atomic E-state index is 12.6. The SMILES string of the molecule is C=CCn1c(SCCN2C(=O)c3ccccc3C2=O)nc2sccc2c1=O. The summed E-state index contributed by atoms with van der Waals surface area (Å²) in [5.74, 6) is -0.103. The zero-order chi connectivity index (χ0) is 19.0. The van der Waals surface area contributed by atoms with Gasteiger partial charge in [0.2, 0.25) is 0 Å². The standard InChI is InChI=1S/C19H15N3O3S2/c1-2-8-22-18(25)14-7-10-26-15(14)20-19(22)27-11-9-21-16(23)12-5-3-4-6-13(12)17(21)24/h2-7,10H,1,8-9,11H2. The summed E-state index contributed by atoms with van der Waals surface area (Å²) >= 11 is 2.77. The van der Waals surface area contributed by atoms with Crippen molar-refractivity contribution in [1.29, 1.82) is 0 Å². The molecule has 3 aromatic rings. The molecule has 0 N–H and O–H groups in total. The predicted octanol–water partition coefficient (Wildman–Crippen LogP) is 3.03. The van der Waals surface area contributed by atoms with Crippen LogP contribution in [0.1, 0.15) is 20.7 Å². The van der Waals surface area contributed by atoms with Crippen molar-refractivity contribution in [1.82, 2.24) is 14.5 Å². The van der Waals surface area contributed by atoms with Gasteiger partial charge in [0.05, 0.1) is 16.5 Å². The second-order valence-corrected chi connectivity index (χ2v) is 7.85. The number of thiophene rings is 1. The van der Waals surface area contributed by atoms with Gasteiger partial charge >= 0.3 is 0 Å². The minimum atomic E-state index is -0.277. The summed E-state index contributed by atoms with van der Waals surface area (Å²) in [4.78, 5) is 44.0. The van der Waals surface area contributed by atoms with Gasteiger partial charge in [0.25, 0.3) is 17.4 Å². The Hall–Kier alpha value is -2.71. The summed E-state index contributed by atoms with van der Waals surface area (Å²) in [5.41, 5.74) is 0.771. The number of rotatable bonds is 6. The van der Waals surface area contributed by atoms with Gasteiger partial charge in [-0.15, -0.1) is 17.9 Å². The van der Waals surface area contributed by atoms with E-state index in [2.05, 4.69) is 11.6 Å². The smallest absolute Gasteiger partial charge is 0.263 e. The second kappa shape index (κ2) is 7.13. The number of carbonyl (C=O) groups is 2. The summed E-state index contributed by atoms with van der Waals surface area (Å²) in [5, 5.41) is 2.99. The predicted molar refractivity (Wildman–Crippen MR) is 107 cm³/mol. The van der Waals surface area contributed by atoms with Crippen LogP contribution in [0.25, 0.3) is 10.2 Å². The molecule has 2 amide bonds. The molecule has 8 heteroatoms. The minimum Gasteiger partial charge on any atom is -0.283 e. The van der Waals surface area contributed by atoms with Crippen LogP contribution in [0.2, 0.25) is 0 Å². The topological polar surface area (TPSA) is 72.3 Å². The molecule has 0 radical (unpaired) electrons. The Balaban J connectivity index is 1.54. The number of allylic oxidation sites excluding steroid dienone is 1. The Morgan fingerprint density at radius 3 is 2.48 bits per heavy atom. The molecule has 0 atom stereocenters. The largest absolute Gasteiger partial charge is 0.283 e. The lowest BCUT2D eigenvalue weighted by Crippen LogP contribution is -2.32. The molecule has 0 bridgehead atoms. The number of hydrogen-bond donors (Lipinski definition) is 0. The Labute approximate surface area is 163 Å². The fourth-order valence-corrected chi connectivity index (χ4v) is 4.74. The molecule has 6 nitrogen and oxygen atoms in total. The summed E-state index contributed by atoms with van der Waals surface area (Å²) in [6.45, 7) is 4.31. The van der Waals surface area contributed by atoms with E-state index in [4.69, 9.17) is 0 Å². The number of amides is 2. The van der Waals surface area contributed by atoms with Crippen LogP contribution in [-0.4, -0.2) is 38.6 Å². The number of imide groups is 1. The van der Waals surface area contributed by atoms with E-state index in [1.54, 1.807) is 41.0 Å². The number of hydrogen-bond acceptors (Lipinski definition) is 6. The molecule has 3 heterocycles. The van der Waals surface area contributed by atoms with Crippen molar-refractivity contribution in [3.63, 3.8) is 0 Å². The zero-order valence-electron chi connectivity index (χ0n) is 14.3. The molecular formula is C19H15N3O3S2. The van der Waals surface area contributed by atoms with E-state index in [0.29, 0.717) is 38.8 Å². The Bertz CT molecular complexity index is 1100. The maximum absolute atomic E-state index is 12.6. The van der Waals surface area contributed by atoms with E-state index in [-0.39, 0.29) is 23.9 Å². The fraction of sp³-hybridized carbons (Fsp3) is 0.158. The molecule has 1 aromatic carbocycles. The molecule has 0 saturated heterocycles. The van der Waals surface area contributed by atoms with Gasteiger partial charge in [0, 0.05) is 18.8 Å². The third-order valence-electron chi connectivity index (χ3n) is 4.28. The van der Waals surface area contributed by atoms with Gasteiger partial charge < -0.3 is 0 Å². The lowest BCUT2D eigenvalue weighted by atomic mass is 10.1. The lowest BCUT2D eigenvalue weighted by molar-refractivity contribution is 0.0664. The molecule has 27 heavy (non-hydrogen) atoms. The van der Waals surface area contributed by atoms with E-state index in [1.165, 1.54) is 28.0 Å². The molecule has 0 spiro atoms. The molecule has 0 fully saturated rings. The van der Waals surface area contributed by atoms with Crippen LogP contribution < -0.4 is 5.56 Å². The van der Waals surface area contributed by atoms with E-state index in [1.807, 2.05) is 5.38 Å². The number of carbonyl (C=O) groups excluding carboxylic acids is 2. The highest BCUT2D eigenvalue weighted by Gasteiger charge is 2.34. The quantitative estimate of drug-likeness (QED) is 0.277. The average molecular weight is 397 g/mol. The first-order valence-corrected chi connectivity index (χ1v) is 10.2. The van der Waals surface area contributed by atoms with E-state index in [0.717, 1.165) is 0 Å². The van der Waals surface area contributed by atoms with Crippen molar-refractivity contribution >= 4 is 45.1 Å². The first-order chi connectivity index (χ1) is 13.1. The van der Waals surface area contributed by atoms with Gasteiger partial charge in [-0.25, -0.2) is 4.98 Å². The number of benzene rings is 1. The monoisotopic (exact) mass is 397 g/mol. The molecule has 1 aliphatic rings. The molecule has 0 aliphatic carbocycles. The molecule has 1 aliphatic heterocycles. The van der Waals surface area contributed by atoms with Crippen molar-refractivity contribution in [3.8, 4) is 0 Å². The summed E-state index contributed by atoms with van der Waals surface area (Å²) in [7, 11) is 0. The molecular weight excluding hydrogens is 382 g/mol. The number of thioether (sulfide) groups is 1. The highest BCUT2D eigenvalue weighted by molar-refractivity contribution is 7.99. The van der Waals surface area contributed by atoms with E-state index in [9.17, 15) is 14.4 Å². The molecule has 4 rings (SSSR count). The Kier molecular flexibility index (Phi) is 4.67. The highest BCUT2D eigenvalue weighted by Crippen LogP contribution is 2.25. The van der Waals surface area contributed by atoms with Crippen molar-refractivity contribution < 1.29 is 9.59 Å². The van der Waals surface area contributed by atoms with Gasteiger partial charge in [-0.3, -0.25) is 23.9 Å². The summed E-state index contributed by atoms with van der Waals surface area (Å²) in [6.07, 6.45) is 1.65. The third kappa shape index (κ3) is 3.00. The number of aromatic nitrogens is 2. The second-order valence-electron chi connectivity index (χ2n) is 5.89. The Morgan fingerprint density at radius 2 is 1.81 bits per heavy atom. The molecule has 0 unspecified atom stereocenters. The summed E-state index contributed by atoms with van der Waals surface area (Å²) < 4.78 is 1.56. The third-order valence-corrected chi connectivity index (χ3v) is 6.05. The van der Waals surface area contributed by atoms with Gasteiger partial charge in [0.15, 0.2) is 5.16 Å². The van der Waals surface area contributed by atoms with Crippen molar-refractivity contribution in [2.24, 2.45) is 0 Å². The lowest BCUT2D eigenvalue weighted by Gasteiger charge is -2.14. The van der Waals surface area contributed by atoms with Crippen LogP contribution in [-0.2, 0) is 6.54 Å². The van der Waals surface area contributed by atoms with Gasteiger partial charge in [0.1, 0.15) is 4.83 Å². The average Bonchev–Trinajstić information content (AvgIpc) is 3.24. The first-order valence-electron chi connectivity index (χ1n) is 8.28. The van der Waals surface area contributed by atoms with Crippen LogP contribution in [0.4, 0.5) is 0 Å². The van der Waals surface area contributed by atoms with E-state index < -0.39 is 0 Å². The number of nitrogens with zero attached hydrogens (tertiary/aromatic N) is 3. The normalized spacial score (nSPS) is 13.4. The molecule has 2 aromatic heterocycles. The summed E-state index contributed by atoms with van der Waals surface area (Å²) in [6, 6.07) is 8.59. The van der Waals surface area contributed by atoms with Crippen LogP contribution in [0.15, 0.2) is 58.3 Å². The number of fused-ring (bicyclic) bond motifs is 2. The zero-order valence-corrected chi connectivity index (χ0v) is 15.9. The fourth-order valence-electron chi connectivity index (χ4n) is 3.00. The highest BCUT2D eigenvalue weighted by atomic mass is 32.2. The molecule has 136 valence electrons. The van der Waals surface area contributed by atoms with Crippen LogP contribution in [0.3, 0.4) is 0 Å².